The zero-order valence-corrected chi connectivity index (χ0v) is 12.4. The highest BCUT2D eigenvalue weighted by molar-refractivity contribution is 7.17. The number of rotatable bonds is 3. The normalized spacial score (nSPS) is 13.3. The summed E-state index contributed by atoms with van der Waals surface area (Å²) in [5.41, 5.74) is 1.52. The van der Waals surface area contributed by atoms with Gasteiger partial charge in [-0.1, -0.05) is 0 Å². The predicted octanol–water partition coefficient (Wildman–Crippen LogP) is 2.37. The fourth-order valence-electron chi connectivity index (χ4n) is 2.34. The Morgan fingerprint density at radius 3 is 3.00 bits per heavy atom. The molecule has 4 rings (SSSR count). The third-order valence-electron chi connectivity index (χ3n) is 3.37. The van der Waals surface area contributed by atoms with Gasteiger partial charge < -0.3 is 19.8 Å². The van der Waals surface area contributed by atoms with E-state index in [4.69, 9.17) is 9.47 Å². The van der Waals surface area contributed by atoms with Crippen molar-refractivity contribution < 1.29 is 9.47 Å². The second kappa shape index (κ2) is 5.34. The number of nitrogens with one attached hydrogen (secondary N) is 2. The van der Waals surface area contributed by atoms with E-state index in [0.717, 1.165) is 22.7 Å². The Kier molecular flexibility index (Phi) is 3.19. The van der Waals surface area contributed by atoms with Crippen LogP contribution in [-0.2, 0) is 6.54 Å². The minimum Gasteiger partial charge on any atom is -0.486 e. The van der Waals surface area contributed by atoms with Crippen LogP contribution in [-0.4, -0.2) is 23.2 Å². The van der Waals surface area contributed by atoms with Gasteiger partial charge in [-0.05, 0) is 23.6 Å². The summed E-state index contributed by atoms with van der Waals surface area (Å²) in [5, 5.41) is 5.10. The number of hydrogen-bond acceptors (Lipinski definition) is 6. The van der Waals surface area contributed by atoms with Crippen molar-refractivity contribution in [2.24, 2.45) is 0 Å². The molecule has 2 aromatic heterocycles. The van der Waals surface area contributed by atoms with Crippen molar-refractivity contribution in [1.29, 1.82) is 0 Å². The molecule has 0 unspecified atom stereocenters. The number of aromatic nitrogens is 2. The number of anilines is 1. The van der Waals surface area contributed by atoms with E-state index < -0.39 is 0 Å². The minimum absolute atomic E-state index is 0.0982. The molecule has 7 heteroatoms. The van der Waals surface area contributed by atoms with Crippen LogP contribution in [0.25, 0.3) is 10.2 Å². The maximum absolute atomic E-state index is 11.9. The van der Waals surface area contributed by atoms with Crippen molar-refractivity contribution >= 4 is 27.2 Å². The van der Waals surface area contributed by atoms with E-state index in [1.165, 1.54) is 11.3 Å². The van der Waals surface area contributed by atoms with Gasteiger partial charge in [-0.3, -0.25) is 4.79 Å². The number of thiophene rings is 1. The lowest BCUT2D eigenvalue weighted by Crippen LogP contribution is -2.16. The van der Waals surface area contributed by atoms with Crippen LogP contribution in [0.15, 0.2) is 34.4 Å². The predicted molar refractivity (Wildman–Crippen MR) is 85.0 cm³/mol. The molecular weight excluding hydrogens is 302 g/mol. The van der Waals surface area contributed by atoms with E-state index in [9.17, 15) is 4.79 Å². The van der Waals surface area contributed by atoms with Crippen LogP contribution in [0.2, 0.25) is 0 Å². The van der Waals surface area contributed by atoms with Gasteiger partial charge in [0.05, 0.1) is 12.1 Å². The molecule has 1 aromatic carbocycles. The van der Waals surface area contributed by atoms with E-state index in [1.807, 2.05) is 29.6 Å². The van der Waals surface area contributed by atoms with Crippen LogP contribution < -0.4 is 20.3 Å². The molecule has 22 heavy (non-hydrogen) atoms. The first-order chi connectivity index (χ1) is 10.8. The number of aromatic amines is 1. The molecular formula is C15H13N3O3S. The summed E-state index contributed by atoms with van der Waals surface area (Å²) in [4.78, 5) is 19.1. The van der Waals surface area contributed by atoms with E-state index in [0.29, 0.717) is 30.3 Å². The molecule has 3 heterocycles. The summed E-state index contributed by atoms with van der Waals surface area (Å²) < 4.78 is 11.7. The van der Waals surface area contributed by atoms with Gasteiger partial charge in [0.1, 0.15) is 23.7 Å². The van der Waals surface area contributed by atoms with Crippen LogP contribution in [0.1, 0.15) is 5.82 Å². The lowest BCUT2D eigenvalue weighted by molar-refractivity contribution is 0.171. The quantitative estimate of drug-likeness (QED) is 0.776. The van der Waals surface area contributed by atoms with E-state index in [-0.39, 0.29) is 5.56 Å². The van der Waals surface area contributed by atoms with Gasteiger partial charge in [0.15, 0.2) is 11.5 Å². The zero-order chi connectivity index (χ0) is 14.9. The van der Waals surface area contributed by atoms with Crippen molar-refractivity contribution in [2.75, 3.05) is 18.5 Å². The van der Waals surface area contributed by atoms with Crippen LogP contribution >= 0.6 is 11.3 Å². The van der Waals surface area contributed by atoms with Gasteiger partial charge in [-0.2, -0.15) is 0 Å². The largest absolute Gasteiger partial charge is 0.486 e. The molecule has 1 aliphatic rings. The maximum atomic E-state index is 11.9. The molecule has 0 amide bonds. The molecule has 0 spiro atoms. The summed E-state index contributed by atoms with van der Waals surface area (Å²) in [6, 6.07) is 7.52. The molecule has 0 radical (unpaired) electrons. The number of fused-ring (bicyclic) bond motifs is 2. The molecule has 0 atom stereocenters. The van der Waals surface area contributed by atoms with Crippen LogP contribution in [0, 0.1) is 0 Å². The molecule has 0 bridgehead atoms. The van der Waals surface area contributed by atoms with Crippen molar-refractivity contribution in [1.82, 2.24) is 9.97 Å². The topological polar surface area (TPSA) is 76.2 Å². The van der Waals surface area contributed by atoms with E-state index >= 15 is 0 Å². The van der Waals surface area contributed by atoms with Crippen molar-refractivity contribution in [3.05, 3.63) is 45.8 Å². The third-order valence-corrected chi connectivity index (χ3v) is 4.27. The molecule has 3 aromatic rings. The molecule has 0 aliphatic carbocycles. The Labute approximate surface area is 129 Å². The molecule has 112 valence electrons. The standard InChI is InChI=1S/C15H13N3O3S/c19-15-14-10(3-6-22-14)17-13(18-15)8-16-9-1-2-11-12(7-9)21-5-4-20-11/h1-3,6-7,16H,4-5,8H2,(H,17,18,19). The van der Waals surface area contributed by atoms with Crippen LogP contribution in [0.3, 0.4) is 0 Å². The van der Waals surface area contributed by atoms with Gasteiger partial charge in [0.2, 0.25) is 0 Å². The molecule has 2 N–H and O–H groups in total. The van der Waals surface area contributed by atoms with Gasteiger partial charge in [-0.15, -0.1) is 11.3 Å². The lowest BCUT2D eigenvalue weighted by atomic mass is 10.2. The smallest absolute Gasteiger partial charge is 0.268 e. The Balaban J connectivity index is 1.55. The first-order valence-corrected chi connectivity index (χ1v) is 7.77. The number of ether oxygens (including phenoxy) is 2. The molecule has 6 nitrogen and oxygen atoms in total. The van der Waals surface area contributed by atoms with Crippen LogP contribution in [0.4, 0.5) is 5.69 Å². The maximum Gasteiger partial charge on any atom is 0.268 e. The Hall–Kier alpha value is -2.54. The summed E-state index contributed by atoms with van der Waals surface area (Å²) in [7, 11) is 0. The molecule has 0 saturated heterocycles. The highest BCUT2D eigenvalue weighted by atomic mass is 32.1. The fourth-order valence-corrected chi connectivity index (χ4v) is 3.07. The average molecular weight is 315 g/mol. The SMILES string of the molecule is O=c1[nH]c(CNc2ccc3c(c2)OCCO3)nc2ccsc12. The highest BCUT2D eigenvalue weighted by Gasteiger charge is 2.12. The minimum atomic E-state index is -0.0982. The average Bonchev–Trinajstić information content (AvgIpc) is 3.02. The van der Waals surface area contributed by atoms with Crippen molar-refractivity contribution in [3.8, 4) is 11.5 Å². The van der Waals surface area contributed by atoms with Crippen molar-refractivity contribution in [3.63, 3.8) is 0 Å². The van der Waals surface area contributed by atoms with Gasteiger partial charge >= 0.3 is 0 Å². The summed E-state index contributed by atoms with van der Waals surface area (Å²) in [6.07, 6.45) is 0. The first kappa shape index (κ1) is 13.1. The number of benzene rings is 1. The van der Waals surface area contributed by atoms with Gasteiger partial charge in [-0.25, -0.2) is 4.98 Å². The fraction of sp³-hybridized carbons (Fsp3) is 0.200. The molecule has 1 aliphatic heterocycles. The Morgan fingerprint density at radius 1 is 1.23 bits per heavy atom. The van der Waals surface area contributed by atoms with Gasteiger partial charge in [0, 0.05) is 11.8 Å². The van der Waals surface area contributed by atoms with Gasteiger partial charge in [0.25, 0.3) is 5.56 Å². The second-order valence-corrected chi connectivity index (χ2v) is 5.78. The third kappa shape index (κ3) is 2.39. The van der Waals surface area contributed by atoms with E-state index in [1.54, 1.807) is 0 Å². The number of nitrogens with zero attached hydrogens (tertiary/aromatic N) is 1. The van der Waals surface area contributed by atoms with Crippen molar-refractivity contribution in [2.45, 2.75) is 6.54 Å². The number of H-pyrrole nitrogens is 1. The number of hydrogen-bond donors (Lipinski definition) is 2. The highest BCUT2D eigenvalue weighted by Crippen LogP contribution is 2.32. The Bertz CT molecular complexity index is 887. The second-order valence-electron chi connectivity index (χ2n) is 4.86. The summed E-state index contributed by atoms with van der Waals surface area (Å²) >= 11 is 1.40. The first-order valence-electron chi connectivity index (χ1n) is 6.89. The lowest BCUT2D eigenvalue weighted by Gasteiger charge is -2.19. The summed E-state index contributed by atoms with van der Waals surface area (Å²) in [5.74, 6) is 2.08. The summed E-state index contributed by atoms with van der Waals surface area (Å²) in [6.45, 7) is 1.56. The Morgan fingerprint density at radius 2 is 2.09 bits per heavy atom. The van der Waals surface area contributed by atoms with Crippen LogP contribution in [0.5, 0.6) is 11.5 Å². The van der Waals surface area contributed by atoms with E-state index in [2.05, 4.69) is 15.3 Å². The molecule has 0 fully saturated rings. The molecule has 0 saturated carbocycles. The zero-order valence-electron chi connectivity index (χ0n) is 11.6. The monoisotopic (exact) mass is 315 g/mol.